The third-order valence-electron chi connectivity index (χ3n) is 5.12. The summed E-state index contributed by atoms with van der Waals surface area (Å²) in [7, 11) is -3.95. The summed E-state index contributed by atoms with van der Waals surface area (Å²) in [6.07, 6.45) is 0. The number of benzene rings is 4. The molecule has 0 atom stereocenters. The molecule has 0 heterocycles. The van der Waals surface area contributed by atoms with Crippen LogP contribution in [0.1, 0.15) is 5.56 Å². The molecule has 0 aliphatic carbocycles. The quantitative estimate of drug-likeness (QED) is 0.361. The van der Waals surface area contributed by atoms with Crippen molar-refractivity contribution in [1.82, 2.24) is 0 Å². The van der Waals surface area contributed by atoms with E-state index in [4.69, 9.17) is 4.74 Å². The SMILES string of the molecule is Cc1ccccc1N(CC(=O)Nc1ccc(Oc2ccccc2)cc1)S(=O)(=O)c1ccccc1. The molecular weight excluding hydrogens is 448 g/mol. The van der Waals surface area contributed by atoms with Crippen LogP contribution in [0.15, 0.2) is 114 Å². The van der Waals surface area contributed by atoms with Crippen LogP contribution in [0.2, 0.25) is 0 Å². The largest absolute Gasteiger partial charge is 0.457 e. The van der Waals surface area contributed by atoms with Gasteiger partial charge in [0.05, 0.1) is 10.6 Å². The van der Waals surface area contributed by atoms with Crippen molar-refractivity contribution < 1.29 is 17.9 Å². The van der Waals surface area contributed by atoms with Crippen molar-refractivity contribution in [3.8, 4) is 11.5 Å². The molecule has 0 aliphatic heterocycles. The fourth-order valence-corrected chi connectivity index (χ4v) is 4.93. The van der Waals surface area contributed by atoms with Gasteiger partial charge in [-0.25, -0.2) is 8.42 Å². The lowest BCUT2D eigenvalue weighted by atomic mass is 10.2. The maximum absolute atomic E-state index is 13.4. The number of aryl methyl sites for hydroxylation is 1. The van der Waals surface area contributed by atoms with E-state index in [-0.39, 0.29) is 11.4 Å². The molecule has 0 aromatic heterocycles. The van der Waals surface area contributed by atoms with Crippen LogP contribution in [-0.4, -0.2) is 20.9 Å². The Morgan fingerprint density at radius 3 is 1.97 bits per heavy atom. The molecule has 0 saturated heterocycles. The molecule has 0 saturated carbocycles. The Labute approximate surface area is 199 Å². The summed E-state index contributed by atoms with van der Waals surface area (Å²) in [5.41, 5.74) is 1.73. The topological polar surface area (TPSA) is 75.7 Å². The predicted molar refractivity (Wildman–Crippen MR) is 134 cm³/mol. The van der Waals surface area contributed by atoms with E-state index in [1.165, 1.54) is 12.1 Å². The molecule has 0 fully saturated rings. The number of rotatable bonds is 8. The van der Waals surface area contributed by atoms with Crippen LogP contribution < -0.4 is 14.4 Å². The lowest BCUT2D eigenvalue weighted by Crippen LogP contribution is -2.38. The average molecular weight is 473 g/mol. The minimum atomic E-state index is -3.95. The molecule has 4 aromatic rings. The van der Waals surface area contributed by atoms with Gasteiger partial charge in [-0.1, -0.05) is 54.6 Å². The monoisotopic (exact) mass is 472 g/mol. The zero-order chi connectivity index (χ0) is 24.0. The Bertz CT molecular complexity index is 1360. The van der Waals surface area contributed by atoms with Crippen molar-refractivity contribution >= 4 is 27.3 Å². The van der Waals surface area contributed by atoms with Crippen molar-refractivity contribution in [1.29, 1.82) is 0 Å². The first kappa shape index (κ1) is 23.1. The van der Waals surface area contributed by atoms with Crippen LogP contribution in [0.3, 0.4) is 0 Å². The van der Waals surface area contributed by atoms with Gasteiger partial charge in [-0.15, -0.1) is 0 Å². The van der Waals surface area contributed by atoms with Gasteiger partial charge in [0.2, 0.25) is 5.91 Å². The molecule has 0 aliphatic rings. The van der Waals surface area contributed by atoms with Gasteiger partial charge in [-0.05, 0) is 67.1 Å². The molecule has 0 spiro atoms. The number of carbonyl (C=O) groups is 1. The number of nitrogens with zero attached hydrogens (tertiary/aromatic N) is 1. The number of carbonyl (C=O) groups excluding carboxylic acids is 1. The molecule has 1 N–H and O–H groups in total. The van der Waals surface area contributed by atoms with Crippen molar-refractivity contribution in [3.63, 3.8) is 0 Å². The van der Waals surface area contributed by atoms with E-state index in [1.54, 1.807) is 54.6 Å². The summed E-state index contributed by atoms with van der Waals surface area (Å²) in [4.78, 5) is 13.0. The van der Waals surface area contributed by atoms with Crippen molar-refractivity contribution in [2.75, 3.05) is 16.2 Å². The lowest BCUT2D eigenvalue weighted by molar-refractivity contribution is -0.114. The molecule has 34 heavy (non-hydrogen) atoms. The third kappa shape index (κ3) is 5.44. The average Bonchev–Trinajstić information content (AvgIpc) is 2.85. The van der Waals surface area contributed by atoms with Crippen LogP contribution in [0.25, 0.3) is 0 Å². The molecule has 1 amide bonds. The van der Waals surface area contributed by atoms with Crippen molar-refractivity contribution in [2.45, 2.75) is 11.8 Å². The first-order valence-corrected chi connectivity index (χ1v) is 12.1. The molecule has 6 nitrogen and oxygen atoms in total. The molecule has 172 valence electrons. The summed E-state index contributed by atoms with van der Waals surface area (Å²) in [6, 6.07) is 31.4. The summed E-state index contributed by atoms with van der Waals surface area (Å²) in [6.45, 7) is 1.44. The minimum Gasteiger partial charge on any atom is -0.457 e. The maximum Gasteiger partial charge on any atom is 0.264 e. The van der Waals surface area contributed by atoms with Gasteiger partial charge < -0.3 is 10.1 Å². The summed E-state index contributed by atoms with van der Waals surface area (Å²) in [5, 5.41) is 2.78. The number of ether oxygens (including phenoxy) is 1. The van der Waals surface area contributed by atoms with Gasteiger partial charge in [-0.2, -0.15) is 0 Å². The summed E-state index contributed by atoms with van der Waals surface area (Å²) in [5.74, 6) is 0.871. The Kier molecular flexibility index (Phi) is 6.94. The number of para-hydroxylation sites is 2. The summed E-state index contributed by atoms with van der Waals surface area (Å²) >= 11 is 0. The van der Waals surface area contributed by atoms with Crippen LogP contribution in [0.4, 0.5) is 11.4 Å². The second kappa shape index (κ2) is 10.2. The highest BCUT2D eigenvalue weighted by molar-refractivity contribution is 7.92. The van der Waals surface area contributed by atoms with E-state index in [0.717, 1.165) is 9.87 Å². The second-order valence-corrected chi connectivity index (χ2v) is 9.46. The standard InChI is InChI=1S/C27H24N2O4S/c1-21-10-8-9-15-26(21)29(34(31,32)25-13-6-3-7-14-25)20-27(30)28-22-16-18-24(19-17-22)33-23-11-4-2-5-12-23/h2-19H,20H2,1H3,(H,28,30). The number of anilines is 2. The van der Waals surface area contributed by atoms with E-state index in [2.05, 4.69) is 5.32 Å². The highest BCUT2D eigenvalue weighted by Gasteiger charge is 2.28. The molecule has 0 radical (unpaired) electrons. The number of amides is 1. The van der Waals surface area contributed by atoms with Crippen LogP contribution in [0.5, 0.6) is 11.5 Å². The van der Waals surface area contributed by atoms with Gasteiger partial charge in [0.25, 0.3) is 10.0 Å². The normalized spacial score (nSPS) is 11.0. The number of hydrogen-bond acceptors (Lipinski definition) is 4. The van der Waals surface area contributed by atoms with Crippen LogP contribution in [-0.2, 0) is 14.8 Å². The van der Waals surface area contributed by atoms with Gasteiger partial charge in [0.15, 0.2) is 0 Å². The predicted octanol–water partition coefficient (Wildman–Crippen LogP) is 5.62. The van der Waals surface area contributed by atoms with Gasteiger partial charge in [0, 0.05) is 5.69 Å². The zero-order valence-electron chi connectivity index (χ0n) is 18.6. The Balaban J connectivity index is 1.53. The highest BCUT2D eigenvalue weighted by atomic mass is 32.2. The highest BCUT2D eigenvalue weighted by Crippen LogP contribution is 2.27. The van der Waals surface area contributed by atoms with E-state index in [9.17, 15) is 13.2 Å². The van der Waals surface area contributed by atoms with Crippen molar-refractivity contribution in [3.05, 3.63) is 115 Å². The van der Waals surface area contributed by atoms with E-state index in [1.807, 2.05) is 49.4 Å². The first-order valence-electron chi connectivity index (χ1n) is 10.7. The van der Waals surface area contributed by atoms with Gasteiger partial charge in [-0.3, -0.25) is 9.10 Å². The molecule has 0 unspecified atom stereocenters. The van der Waals surface area contributed by atoms with Crippen molar-refractivity contribution in [2.24, 2.45) is 0 Å². The molecule has 7 heteroatoms. The minimum absolute atomic E-state index is 0.119. The molecule has 4 rings (SSSR count). The molecule has 4 aromatic carbocycles. The van der Waals surface area contributed by atoms with E-state index < -0.39 is 15.9 Å². The lowest BCUT2D eigenvalue weighted by Gasteiger charge is -2.25. The zero-order valence-corrected chi connectivity index (χ0v) is 19.4. The third-order valence-corrected chi connectivity index (χ3v) is 6.89. The smallest absolute Gasteiger partial charge is 0.264 e. The fraction of sp³-hybridized carbons (Fsp3) is 0.0741. The number of nitrogens with one attached hydrogen (secondary N) is 1. The van der Waals surface area contributed by atoms with Gasteiger partial charge in [0.1, 0.15) is 18.0 Å². The van der Waals surface area contributed by atoms with Crippen LogP contribution in [0, 0.1) is 6.92 Å². The Morgan fingerprint density at radius 1 is 0.765 bits per heavy atom. The molecular formula is C27H24N2O4S. The number of hydrogen-bond donors (Lipinski definition) is 1. The van der Waals surface area contributed by atoms with E-state index >= 15 is 0 Å². The Hall–Kier alpha value is -4.10. The second-order valence-electron chi connectivity index (χ2n) is 7.60. The summed E-state index contributed by atoms with van der Waals surface area (Å²) < 4.78 is 33.7. The van der Waals surface area contributed by atoms with Crippen LogP contribution >= 0.6 is 0 Å². The Morgan fingerprint density at radius 2 is 1.32 bits per heavy atom. The van der Waals surface area contributed by atoms with E-state index in [0.29, 0.717) is 22.9 Å². The molecule has 0 bridgehead atoms. The maximum atomic E-state index is 13.4. The van der Waals surface area contributed by atoms with Gasteiger partial charge >= 0.3 is 0 Å². The first-order chi connectivity index (χ1) is 16.4. The number of sulfonamides is 1. The fourth-order valence-electron chi connectivity index (χ4n) is 3.42.